The third-order valence-corrected chi connectivity index (χ3v) is 5.97. The molecule has 180 valence electrons. The summed E-state index contributed by atoms with van der Waals surface area (Å²) in [4.78, 5) is 29.7. The van der Waals surface area contributed by atoms with Gasteiger partial charge in [0, 0.05) is 42.1 Å². The number of carbonyl (C=O) groups is 2. The summed E-state index contributed by atoms with van der Waals surface area (Å²) < 4.78 is 0. The van der Waals surface area contributed by atoms with Crippen molar-refractivity contribution in [2.24, 2.45) is 0 Å². The Morgan fingerprint density at radius 2 is 1.57 bits per heavy atom. The van der Waals surface area contributed by atoms with Gasteiger partial charge in [-0.15, -0.1) is 0 Å². The predicted octanol–water partition coefficient (Wildman–Crippen LogP) is 5.31. The van der Waals surface area contributed by atoms with Crippen LogP contribution in [0.2, 0.25) is 0 Å². The molecule has 4 rings (SSSR count). The van der Waals surface area contributed by atoms with Crippen LogP contribution in [0.3, 0.4) is 0 Å². The van der Waals surface area contributed by atoms with Gasteiger partial charge < -0.3 is 20.4 Å². The van der Waals surface area contributed by atoms with Gasteiger partial charge in [0.25, 0.3) is 5.91 Å². The molecule has 0 aliphatic carbocycles. The van der Waals surface area contributed by atoms with E-state index in [1.165, 1.54) is 0 Å². The number of likely N-dealkylation sites (N-methyl/N-ethyl adjacent to an activating group) is 1. The van der Waals surface area contributed by atoms with E-state index in [1.54, 1.807) is 0 Å². The molecule has 0 radical (unpaired) electrons. The average Bonchev–Trinajstić information content (AvgIpc) is 3.19. The van der Waals surface area contributed by atoms with Crippen LogP contribution < -0.4 is 15.5 Å². The molecule has 1 aliphatic heterocycles. The number of hydrogen-bond donors (Lipinski definition) is 2. The Balaban J connectivity index is 1.68. The lowest BCUT2D eigenvalue weighted by molar-refractivity contribution is -0.118. The second-order valence-electron chi connectivity index (χ2n) is 8.89. The fourth-order valence-corrected chi connectivity index (χ4v) is 4.16. The van der Waals surface area contributed by atoms with E-state index in [2.05, 4.69) is 15.5 Å². The number of anilines is 3. The molecule has 6 nitrogen and oxygen atoms in total. The van der Waals surface area contributed by atoms with Crippen molar-refractivity contribution < 1.29 is 9.59 Å². The van der Waals surface area contributed by atoms with Gasteiger partial charge in [-0.1, -0.05) is 55.5 Å². The van der Waals surface area contributed by atoms with Crippen LogP contribution in [0.5, 0.6) is 0 Å². The zero-order valence-corrected chi connectivity index (χ0v) is 20.5. The molecule has 0 fully saturated rings. The number of rotatable bonds is 9. The Hall–Kier alpha value is -3.90. The Bertz CT molecular complexity index is 1220. The van der Waals surface area contributed by atoms with Crippen LogP contribution in [0.25, 0.3) is 11.3 Å². The number of carbonyl (C=O) groups excluding carboxylic acids is 2. The molecule has 2 amide bonds. The summed E-state index contributed by atoms with van der Waals surface area (Å²) in [5.74, 6) is -0.00409. The van der Waals surface area contributed by atoms with Crippen LogP contribution in [0.4, 0.5) is 17.1 Å². The molecule has 0 saturated carbocycles. The molecular formula is C29H32N4O2. The number of para-hydroxylation sites is 1. The third-order valence-electron chi connectivity index (χ3n) is 5.97. The molecule has 35 heavy (non-hydrogen) atoms. The predicted molar refractivity (Wildman–Crippen MR) is 144 cm³/mol. The van der Waals surface area contributed by atoms with Crippen LogP contribution >= 0.6 is 0 Å². The molecule has 1 heterocycles. The van der Waals surface area contributed by atoms with Crippen LogP contribution in [-0.2, 0) is 9.59 Å². The lowest BCUT2D eigenvalue weighted by Crippen LogP contribution is -2.36. The second-order valence-corrected chi connectivity index (χ2v) is 8.89. The van der Waals surface area contributed by atoms with Gasteiger partial charge >= 0.3 is 0 Å². The molecule has 3 aromatic carbocycles. The maximum Gasteiger partial charge on any atom is 0.258 e. The molecule has 3 aromatic rings. The van der Waals surface area contributed by atoms with Gasteiger partial charge in [0.1, 0.15) is 0 Å². The van der Waals surface area contributed by atoms with Crippen LogP contribution in [0, 0.1) is 0 Å². The van der Waals surface area contributed by atoms with Crippen LogP contribution in [-0.4, -0.2) is 43.9 Å². The van der Waals surface area contributed by atoms with Crippen molar-refractivity contribution in [3.63, 3.8) is 0 Å². The Morgan fingerprint density at radius 1 is 0.886 bits per heavy atom. The molecule has 0 unspecified atom stereocenters. The van der Waals surface area contributed by atoms with Crippen molar-refractivity contribution >= 4 is 40.1 Å². The molecule has 0 saturated heterocycles. The summed E-state index contributed by atoms with van der Waals surface area (Å²) in [6.07, 6.45) is 1.33. The van der Waals surface area contributed by atoms with E-state index in [-0.39, 0.29) is 11.8 Å². The highest BCUT2D eigenvalue weighted by Gasteiger charge is 2.28. The van der Waals surface area contributed by atoms with E-state index in [1.807, 2.05) is 105 Å². The zero-order chi connectivity index (χ0) is 24.8. The largest absolute Gasteiger partial charge is 0.354 e. The summed E-state index contributed by atoms with van der Waals surface area (Å²) in [6.45, 7) is 3.44. The van der Waals surface area contributed by atoms with Crippen LogP contribution in [0.15, 0.2) is 78.9 Å². The van der Waals surface area contributed by atoms with Crippen molar-refractivity contribution in [2.45, 2.75) is 19.8 Å². The summed E-state index contributed by atoms with van der Waals surface area (Å²) in [6, 6.07) is 25.4. The normalized spacial score (nSPS) is 13.9. The topological polar surface area (TPSA) is 64.7 Å². The lowest BCUT2D eigenvalue weighted by atomic mass is 10.00. The molecule has 6 heteroatoms. The van der Waals surface area contributed by atoms with E-state index >= 15 is 0 Å². The van der Waals surface area contributed by atoms with Gasteiger partial charge in [0.05, 0.1) is 11.3 Å². The lowest BCUT2D eigenvalue weighted by Gasteiger charge is -2.25. The number of nitrogens with one attached hydrogen (secondary N) is 2. The quantitative estimate of drug-likeness (QED) is 0.418. The average molecular weight is 469 g/mol. The van der Waals surface area contributed by atoms with Crippen molar-refractivity contribution in [2.75, 3.05) is 42.7 Å². The van der Waals surface area contributed by atoms with Gasteiger partial charge in [0.15, 0.2) is 0 Å². The van der Waals surface area contributed by atoms with Gasteiger partial charge in [-0.05, 0) is 56.4 Å². The van der Waals surface area contributed by atoms with Crippen molar-refractivity contribution in [3.05, 3.63) is 90.0 Å². The summed E-state index contributed by atoms with van der Waals surface area (Å²) in [7, 11) is 4.01. The highest BCUT2D eigenvalue weighted by Crippen LogP contribution is 2.37. The minimum absolute atomic E-state index is 0.126. The first-order valence-electron chi connectivity index (χ1n) is 12.0. The summed E-state index contributed by atoms with van der Waals surface area (Å²) >= 11 is 0. The van der Waals surface area contributed by atoms with E-state index in [4.69, 9.17) is 0 Å². The number of fused-ring (bicyclic) bond motifs is 1. The third kappa shape index (κ3) is 5.61. The first-order chi connectivity index (χ1) is 17.0. The standard InChI is InChI=1S/C29H32N4O2/c1-4-10-26(34)33(20-19-32(2)3)23-17-15-22(16-18-23)30-28(21-11-6-5-7-12-21)27-24-13-8-9-14-25(24)31-29(27)35/h5-9,11-18,30H,4,10,19-20H2,1-3H3,(H,31,35)/b28-27-. The fourth-order valence-electron chi connectivity index (χ4n) is 4.16. The first-order valence-corrected chi connectivity index (χ1v) is 12.0. The number of benzene rings is 3. The van der Waals surface area contributed by atoms with Crippen molar-refractivity contribution in [1.29, 1.82) is 0 Å². The molecular weight excluding hydrogens is 436 g/mol. The van der Waals surface area contributed by atoms with Crippen molar-refractivity contribution in [1.82, 2.24) is 4.90 Å². The molecule has 2 N–H and O–H groups in total. The van der Waals surface area contributed by atoms with Gasteiger partial charge in [-0.3, -0.25) is 9.59 Å². The summed E-state index contributed by atoms with van der Waals surface area (Å²) in [5, 5.41) is 6.46. The number of nitrogens with zero attached hydrogens (tertiary/aromatic N) is 2. The van der Waals surface area contributed by atoms with E-state index in [0.717, 1.165) is 46.9 Å². The molecule has 0 aromatic heterocycles. The SMILES string of the molecule is CCCC(=O)N(CCN(C)C)c1ccc(N/C(=C2\C(=O)Nc3ccccc32)c2ccccc2)cc1. The zero-order valence-electron chi connectivity index (χ0n) is 20.5. The number of amides is 2. The minimum Gasteiger partial charge on any atom is -0.354 e. The van der Waals surface area contributed by atoms with E-state index in [9.17, 15) is 9.59 Å². The van der Waals surface area contributed by atoms with Crippen LogP contribution in [0.1, 0.15) is 30.9 Å². The Labute approximate surface area is 207 Å². The highest BCUT2D eigenvalue weighted by atomic mass is 16.2. The maximum atomic E-state index is 13.0. The molecule has 1 aliphatic rings. The maximum absolute atomic E-state index is 13.0. The minimum atomic E-state index is -0.130. The highest BCUT2D eigenvalue weighted by molar-refractivity contribution is 6.37. The molecule has 0 atom stereocenters. The summed E-state index contributed by atoms with van der Waals surface area (Å²) in [5.41, 5.74) is 5.67. The van der Waals surface area contributed by atoms with Gasteiger partial charge in [-0.2, -0.15) is 0 Å². The smallest absolute Gasteiger partial charge is 0.258 e. The first kappa shape index (κ1) is 24.2. The molecule has 0 spiro atoms. The van der Waals surface area contributed by atoms with E-state index < -0.39 is 0 Å². The number of hydrogen-bond acceptors (Lipinski definition) is 4. The van der Waals surface area contributed by atoms with Crippen molar-refractivity contribution in [3.8, 4) is 0 Å². The molecule has 0 bridgehead atoms. The monoisotopic (exact) mass is 468 g/mol. The van der Waals surface area contributed by atoms with Gasteiger partial charge in [0.2, 0.25) is 5.91 Å². The van der Waals surface area contributed by atoms with Gasteiger partial charge in [-0.25, -0.2) is 0 Å². The second kappa shape index (κ2) is 11.0. The Kier molecular flexibility index (Phi) is 7.63. The fraction of sp³-hybridized carbons (Fsp3) is 0.241. The Morgan fingerprint density at radius 3 is 2.26 bits per heavy atom. The van der Waals surface area contributed by atoms with E-state index in [0.29, 0.717) is 18.5 Å².